The summed E-state index contributed by atoms with van der Waals surface area (Å²) in [4.78, 5) is 100. The second-order valence-electron chi connectivity index (χ2n) is 29.3. The van der Waals surface area contributed by atoms with Crippen LogP contribution in [0.2, 0.25) is 0 Å². The lowest BCUT2D eigenvalue weighted by Crippen LogP contribution is -2.37. The number of unbranched alkanes of at least 4 members (excludes halogenated alkanes) is 7. The van der Waals surface area contributed by atoms with Crippen LogP contribution in [0.5, 0.6) is 11.5 Å². The highest BCUT2D eigenvalue weighted by molar-refractivity contribution is 8.00. The Morgan fingerprint density at radius 3 is 1.15 bits per heavy atom. The predicted molar refractivity (Wildman–Crippen MR) is 466 cm³/mol. The van der Waals surface area contributed by atoms with E-state index >= 15 is 0 Å². The van der Waals surface area contributed by atoms with Crippen molar-refractivity contribution in [2.75, 3.05) is 116 Å². The standard InChI is InChI=1S/C24H41N4O5P.C24H41N2O5P.2C18H32N2O4S/c1-3-19-34(31,33-21-12-6-5-7-13-21)23(14-10-17-27-24(25)26)28-22(30)16-15-20(29)11-8-9-18-32-4-2;1-3-20-32(29,31-22-13-6-5-7-14-22)24(15-8-10-18-25)26-23(28)17-16-21(27)12-9-11-19-30-4-2;2*1-2-23-11-12-24-10-6-5-8-14(21)7-3-4-9-16-17-15(13-25-16)19-18(22)20-17/h5-7,12-13,23H,3-4,8-11,14-19H2,1-2H3,(H,28,30)(H4,25,26,27);5-7,13-14,24H,3-4,8-12,15-20,25H2,1-2H3,(H,26,28);2*15-17H,2-13H2,1H3,(H2,19,20,22)/t23-,34-;24-,32-;2*15-,16?,17-/m1100/s1. The Morgan fingerprint density at radius 1 is 0.440 bits per heavy atom. The van der Waals surface area contributed by atoms with E-state index in [1.807, 2.05) is 89.3 Å². The van der Waals surface area contributed by atoms with Crippen LogP contribution in [0.4, 0.5) is 9.59 Å². The summed E-state index contributed by atoms with van der Waals surface area (Å²) in [5.41, 5.74) is 16.4. The van der Waals surface area contributed by atoms with E-state index in [0.29, 0.717) is 208 Å². The number of carbonyl (C=O) groups is 8. The Hall–Kier alpha value is -5.65. The molecule has 6 amide bonds. The average molecular weight is 1710 g/mol. The smallest absolute Gasteiger partial charge is 0.315 e. The third-order valence-corrected chi connectivity index (χ3v) is 28.5. The number of ether oxygens (including phenoxy) is 6. The minimum atomic E-state index is -3.29. The van der Waals surface area contributed by atoms with Crippen molar-refractivity contribution in [3.05, 3.63) is 60.7 Å². The van der Waals surface area contributed by atoms with E-state index in [9.17, 15) is 47.5 Å². The summed E-state index contributed by atoms with van der Waals surface area (Å²) in [6.45, 7) is 20.7. The Bertz CT molecular complexity index is 3060. The monoisotopic (exact) mass is 1710 g/mol. The van der Waals surface area contributed by atoms with Gasteiger partial charge in [0, 0.05) is 158 Å². The molecule has 0 spiro atoms. The zero-order valence-electron chi connectivity index (χ0n) is 70.8. The molecule has 0 bridgehead atoms. The number of nitrogens with two attached hydrogens (primary N) is 3. The van der Waals surface area contributed by atoms with Gasteiger partial charge in [0.2, 0.25) is 11.8 Å². The largest absolute Gasteiger partial charge is 0.441 e. The summed E-state index contributed by atoms with van der Waals surface area (Å²) in [6, 6.07) is 19.1. The molecule has 2 aromatic carbocycles. The van der Waals surface area contributed by atoms with Gasteiger partial charge in [-0.3, -0.25) is 42.9 Å². The maximum Gasteiger partial charge on any atom is 0.315 e. The summed E-state index contributed by atoms with van der Waals surface area (Å²) in [5.74, 6) is 1.96. The number of thioether (sulfide) groups is 2. The van der Waals surface area contributed by atoms with Crippen LogP contribution in [0.1, 0.15) is 241 Å². The van der Waals surface area contributed by atoms with Crippen molar-refractivity contribution < 1.29 is 85.0 Å². The number of amides is 6. The molecule has 4 fully saturated rings. The maximum atomic E-state index is 13.9. The molecule has 2 aromatic rings. The summed E-state index contributed by atoms with van der Waals surface area (Å²) in [6.07, 6.45) is 22.0. The molecule has 0 radical (unpaired) electrons. The molecule has 12 N–H and O–H groups in total. The molecule has 4 aliphatic rings. The van der Waals surface area contributed by atoms with Gasteiger partial charge in [-0.15, -0.1) is 0 Å². The Kier molecular flexibility index (Phi) is 59.6. The lowest BCUT2D eigenvalue weighted by molar-refractivity contribution is -0.125. The van der Waals surface area contributed by atoms with Crippen molar-refractivity contribution in [2.45, 2.75) is 287 Å². The average Bonchev–Trinajstić information content (AvgIpc) is 1.67. The fourth-order valence-electron chi connectivity index (χ4n) is 13.4. The van der Waals surface area contributed by atoms with E-state index in [1.54, 1.807) is 36.4 Å². The number of nitrogens with zero attached hydrogens (tertiary/aromatic N) is 1. The number of Topliss-reactive ketones (excluding diaryl/α,β-unsaturated/α-hetero) is 4. The van der Waals surface area contributed by atoms with Crippen molar-refractivity contribution in [1.82, 2.24) is 31.9 Å². The highest BCUT2D eigenvalue weighted by Crippen LogP contribution is 2.54. The number of hydrogen-bond donors (Lipinski definition) is 9. The van der Waals surface area contributed by atoms with Crippen LogP contribution in [0.3, 0.4) is 0 Å². The van der Waals surface area contributed by atoms with Crippen molar-refractivity contribution in [1.29, 1.82) is 0 Å². The zero-order chi connectivity index (χ0) is 84.7. The predicted octanol–water partition coefficient (Wildman–Crippen LogP) is 13.7. The normalized spacial score (nSPS) is 18.5. The van der Waals surface area contributed by atoms with Crippen molar-refractivity contribution in [3.63, 3.8) is 0 Å². The number of para-hydroxylation sites is 2. The molecule has 0 saturated carbocycles. The van der Waals surface area contributed by atoms with Gasteiger partial charge in [-0.2, -0.15) is 23.5 Å². The highest BCUT2D eigenvalue weighted by Gasteiger charge is 2.44. The maximum absolute atomic E-state index is 13.9. The van der Waals surface area contributed by atoms with Crippen LogP contribution in [0.15, 0.2) is 65.7 Å². The van der Waals surface area contributed by atoms with Crippen LogP contribution in [0, 0.1) is 0 Å². The van der Waals surface area contributed by atoms with Crippen molar-refractivity contribution in [3.8, 4) is 11.5 Å². The SMILES string of the molecule is CCC[P@@](=O)(Oc1ccccc1)[C@H](CCCCN)NC(=O)CCC(=O)CCCCOCC.CCC[P@@](=O)(Oc1ccccc1)[C@H](CCCN=C(N)N)NC(=O)CCC(=O)CCCCOCC.CCOCCOCCCCC(=O)CCCCC1SC[C@@H]2NC(=O)N[C@H]12.CCOCCOCCCCC(=O)CCCCC1SC[C@@H]2NC(=O)N[C@H]12. The molecule has 4 heterocycles. The number of hydrogen-bond acceptors (Lipinski definition) is 22. The summed E-state index contributed by atoms with van der Waals surface area (Å²) in [7, 11) is -6.48. The van der Waals surface area contributed by atoms with Gasteiger partial charge in [-0.25, -0.2) is 9.59 Å². The fraction of sp³-hybridized carbons (Fsp3) is 0.750. The molecule has 32 heteroatoms. The van der Waals surface area contributed by atoms with Gasteiger partial charge < -0.3 is 86.6 Å². The van der Waals surface area contributed by atoms with E-state index in [0.717, 1.165) is 127 Å². The lowest BCUT2D eigenvalue weighted by Gasteiger charge is -2.29. The molecule has 28 nitrogen and oxygen atoms in total. The molecule has 10 atom stereocenters. The first-order valence-corrected chi connectivity index (χ1v) is 48.9. The second-order valence-corrected chi connectivity index (χ2v) is 37.3. The van der Waals surface area contributed by atoms with Crippen molar-refractivity contribution in [2.24, 2.45) is 22.2 Å². The van der Waals surface area contributed by atoms with E-state index in [1.165, 1.54) is 0 Å². The minimum Gasteiger partial charge on any atom is -0.441 e. The van der Waals surface area contributed by atoms with E-state index < -0.39 is 26.3 Å². The molecule has 4 aliphatic heterocycles. The molecular weight excluding hydrogens is 1560 g/mol. The molecule has 6 rings (SSSR count). The molecular formula is C84H146N10O18P2S2. The van der Waals surface area contributed by atoms with Crippen molar-refractivity contribution >= 4 is 91.2 Å². The molecule has 116 heavy (non-hydrogen) atoms. The number of rotatable bonds is 66. The number of guanidine groups is 1. The van der Waals surface area contributed by atoms with E-state index in [4.69, 9.17) is 54.7 Å². The molecule has 2 unspecified atom stereocenters. The Balaban J connectivity index is 0.000000403. The van der Waals surface area contributed by atoms with E-state index in [2.05, 4.69) is 36.9 Å². The second kappa shape index (κ2) is 66.1. The quantitative estimate of drug-likeness (QED) is 0.00976. The molecule has 0 aromatic heterocycles. The van der Waals surface area contributed by atoms with Gasteiger partial charge in [0.05, 0.1) is 50.6 Å². The number of benzene rings is 2. The molecule has 662 valence electrons. The van der Waals surface area contributed by atoms with Gasteiger partial charge >= 0.3 is 12.1 Å². The van der Waals surface area contributed by atoms with Gasteiger partial charge in [-0.05, 0) is 181 Å². The highest BCUT2D eigenvalue weighted by atomic mass is 32.2. The van der Waals surface area contributed by atoms with Crippen LogP contribution in [-0.2, 0) is 66.3 Å². The minimum absolute atomic E-state index is 0.0161. The number of aliphatic imine (C=N–C) groups is 1. The number of urea groups is 2. The Morgan fingerprint density at radius 2 is 0.784 bits per heavy atom. The first-order chi connectivity index (χ1) is 56.2. The number of nitrogens with one attached hydrogen (secondary N) is 6. The molecule has 0 aliphatic carbocycles. The first kappa shape index (κ1) is 105. The van der Waals surface area contributed by atoms with Crippen LogP contribution >= 0.6 is 38.3 Å². The van der Waals surface area contributed by atoms with Gasteiger partial charge in [-0.1, -0.05) is 63.1 Å². The number of fused-ring (bicyclic) bond motifs is 2. The first-order valence-electron chi connectivity index (χ1n) is 43.1. The molecule has 4 saturated heterocycles. The summed E-state index contributed by atoms with van der Waals surface area (Å²) >= 11 is 3.87. The topological polar surface area (TPSA) is 407 Å². The zero-order valence-corrected chi connectivity index (χ0v) is 74.2. The van der Waals surface area contributed by atoms with Crippen LogP contribution < -0.4 is 58.1 Å². The third kappa shape index (κ3) is 48.6. The number of ketones is 4. The lowest BCUT2D eigenvalue weighted by atomic mass is 10.0. The van der Waals surface area contributed by atoms with Crippen LogP contribution in [-0.4, -0.2) is 215 Å². The number of carbonyl (C=O) groups excluding carboxylic acids is 8. The van der Waals surface area contributed by atoms with E-state index in [-0.39, 0.29) is 79.2 Å². The van der Waals surface area contributed by atoms with Gasteiger partial charge in [0.1, 0.15) is 46.2 Å². The summed E-state index contributed by atoms with van der Waals surface area (Å²) < 4.78 is 71.5. The fourth-order valence-corrected chi connectivity index (χ4v) is 21.6. The van der Waals surface area contributed by atoms with Crippen LogP contribution in [0.25, 0.3) is 0 Å². The third-order valence-electron chi connectivity index (χ3n) is 19.6. The van der Waals surface area contributed by atoms with Gasteiger partial charge in [0.25, 0.3) is 14.7 Å². The van der Waals surface area contributed by atoms with Gasteiger partial charge in [0.15, 0.2) is 5.96 Å². The summed E-state index contributed by atoms with van der Waals surface area (Å²) in [5, 5.41) is 18.7. The Labute approximate surface area is 701 Å².